The highest BCUT2D eigenvalue weighted by Gasteiger charge is 2.12. The fourth-order valence-corrected chi connectivity index (χ4v) is 1.83. The maximum absolute atomic E-state index is 11.8. The van der Waals surface area contributed by atoms with Gasteiger partial charge in [-0.3, -0.25) is 4.79 Å². The zero-order valence-electron chi connectivity index (χ0n) is 13.4. The van der Waals surface area contributed by atoms with E-state index in [0.717, 1.165) is 5.56 Å². The van der Waals surface area contributed by atoms with E-state index in [-0.39, 0.29) is 11.9 Å². The number of hydrogen-bond acceptors (Lipinski definition) is 6. The van der Waals surface area contributed by atoms with E-state index in [9.17, 15) is 4.79 Å². The van der Waals surface area contributed by atoms with Crippen molar-refractivity contribution in [1.82, 2.24) is 9.97 Å². The minimum atomic E-state index is -0.573. The van der Waals surface area contributed by atoms with Gasteiger partial charge in [-0.05, 0) is 31.0 Å². The highest BCUT2D eigenvalue weighted by Crippen LogP contribution is 2.26. The number of nitrogens with one attached hydrogen (secondary N) is 1. The maximum Gasteiger partial charge on any atom is 0.323 e. The molecule has 0 unspecified atom stereocenters. The number of rotatable bonds is 6. The number of carbonyl (C=O) groups excluding carboxylic acids is 1. The summed E-state index contributed by atoms with van der Waals surface area (Å²) < 4.78 is 10.8. The molecule has 0 aliphatic heterocycles. The van der Waals surface area contributed by atoms with Crippen LogP contribution in [0.3, 0.4) is 0 Å². The number of anilines is 1. The molecule has 0 aliphatic rings. The van der Waals surface area contributed by atoms with Crippen molar-refractivity contribution in [3.8, 4) is 17.5 Å². The summed E-state index contributed by atoms with van der Waals surface area (Å²) in [5, 5.41) is 2.63. The molecule has 3 N–H and O–H groups in total. The van der Waals surface area contributed by atoms with Gasteiger partial charge in [0.15, 0.2) is 0 Å². The van der Waals surface area contributed by atoms with Crippen LogP contribution in [0.15, 0.2) is 30.5 Å². The van der Waals surface area contributed by atoms with Gasteiger partial charge >= 0.3 is 6.01 Å². The molecule has 0 saturated carbocycles. The van der Waals surface area contributed by atoms with E-state index in [0.29, 0.717) is 23.7 Å². The van der Waals surface area contributed by atoms with E-state index in [2.05, 4.69) is 15.3 Å². The fraction of sp³-hybridized carbons (Fsp3) is 0.312. The van der Waals surface area contributed by atoms with Gasteiger partial charge in [-0.1, -0.05) is 13.0 Å². The Hall–Kier alpha value is -2.67. The molecule has 7 nitrogen and oxygen atoms in total. The molecule has 1 aromatic heterocycles. The van der Waals surface area contributed by atoms with Gasteiger partial charge in [0.25, 0.3) is 0 Å². The van der Waals surface area contributed by atoms with E-state index in [1.165, 1.54) is 6.20 Å². The molecule has 1 aromatic carbocycles. The molecule has 0 fully saturated rings. The molecule has 0 radical (unpaired) electrons. The third-order valence-electron chi connectivity index (χ3n) is 3.25. The molecule has 7 heteroatoms. The Labute approximate surface area is 134 Å². The quantitative estimate of drug-likeness (QED) is 0.848. The van der Waals surface area contributed by atoms with E-state index >= 15 is 0 Å². The minimum absolute atomic E-state index is 0.124. The number of carbonyl (C=O) groups is 1. The Morgan fingerprint density at radius 3 is 2.87 bits per heavy atom. The summed E-state index contributed by atoms with van der Waals surface area (Å²) in [4.78, 5) is 19.9. The van der Waals surface area contributed by atoms with Crippen LogP contribution in [-0.2, 0) is 4.79 Å². The van der Waals surface area contributed by atoms with E-state index in [1.54, 1.807) is 25.3 Å². The van der Waals surface area contributed by atoms with Crippen LogP contribution in [0.2, 0.25) is 0 Å². The molecule has 0 aliphatic carbocycles. The average Bonchev–Trinajstić information content (AvgIpc) is 2.56. The van der Waals surface area contributed by atoms with E-state index in [1.807, 2.05) is 19.9 Å². The van der Waals surface area contributed by atoms with Crippen LogP contribution in [0.4, 0.5) is 5.82 Å². The number of aromatic nitrogens is 2. The van der Waals surface area contributed by atoms with Crippen LogP contribution in [-0.4, -0.2) is 29.0 Å². The zero-order valence-corrected chi connectivity index (χ0v) is 13.4. The van der Waals surface area contributed by atoms with Crippen LogP contribution in [0, 0.1) is 6.92 Å². The molecule has 1 amide bonds. The highest BCUT2D eigenvalue weighted by atomic mass is 16.5. The first-order valence-corrected chi connectivity index (χ1v) is 7.25. The molecular formula is C16H20N4O3. The van der Waals surface area contributed by atoms with Crippen LogP contribution in [0.5, 0.6) is 17.5 Å². The first-order chi connectivity index (χ1) is 11.0. The lowest BCUT2D eigenvalue weighted by Crippen LogP contribution is -2.35. The number of ether oxygens (including phenoxy) is 2. The minimum Gasteiger partial charge on any atom is -0.496 e. The molecule has 1 atom stereocenters. The number of hydrogen-bond donors (Lipinski definition) is 2. The lowest BCUT2D eigenvalue weighted by molar-refractivity contribution is -0.117. The van der Waals surface area contributed by atoms with Crippen molar-refractivity contribution in [2.75, 3.05) is 12.4 Å². The summed E-state index contributed by atoms with van der Waals surface area (Å²) >= 11 is 0. The van der Waals surface area contributed by atoms with Crippen molar-refractivity contribution in [2.45, 2.75) is 26.3 Å². The molecule has 2 aromatic rings. The van der Waals surface area contributed by atoms with Crippen LogP contribution in [0.25, 0.3) is 0 Å². The van der Waals surface area contributed by atoms with Crippen molar-refractivity contribution in [3.05, 3.63) is 36.0 Å². The van der Waals surface area contributed by atoms with E-state index < -0.39 is 6.04 Å². The van der Waals surface area contributed by atoms with Crippen molar-refractivity contribution in [2.24, 2.45) is 5.73 Å². The number of nitrogens with two attached hydrogens (primary N) is 1. The SMILES string of the molecule is CC[C@@H](N)C(=O)Nc1ccnc(Oc2ccc(C)c(OC)c2)n1. The van der Waals surface area contributed by atoms with Gasteiger partial charge in [0.1, 0.15) is 17.3 Å². The van der Waals surface area contributed by atoms with Gasteiger partial charge < -0.3 is 20.5 Å². The Kier molecular flexibility index (Phi) is 5.48. The number of benzene rings is 1. The third-order valence-corrected chi connectivity index (χ3v) is 3.25. The highest BCUT2D eigenvalue weighted by molar-refractivity contribution is 5.93. The van der Waals surface area contributed by atoms with Gasteiger partial charge in [0.05, 0.1) is 13.2 Å². The van der Waals surface area contributed by atoms with Crippen LogP contribution in [0.1, 0.15) is 18.9 Å². The number of methoxy groups -OCH3 is 1. The maximum atomic E-state index is 11.8. The van der Waals surface area contributed by atoms with Crippen molar-refractivity contribution in [3.63, 3.8) is 0 Å². The van der Waals surface area contributed by atoms with Gasteiger partial charge in [0, 0.05) is 12.3 Å². The monoisotopic (exact) mass is 316 g/mol. The summed E-state index contributed by atoms with van der Waals surface area (Å²) in [6.07, 6.45) is 2.05. The lowest BCUT2D eigenvalue weighted by Gasteiger charge is -2.11. The van der Waals surface area contributed by atoms with Gasteiger partial charge in [0.2, 0.25) is 5.91 Å². The molecule has 122 valence electrons. The Morgan fingerprint density at radius 1 is 1.39 bits per heavy atom. The lowest BCUT2D eigenvalue weighted by atomic mass is 10.2. The number of aryl methyl sites for hydroxylation is 1. The Bertz CT molecular complexity index is 691. The molecule has 0 bridgehead atoms. The van der Waals surface area contributed by atoms with Crippen molar-refractivity contribution >= 4 is 11.7 Å². The second kappa shape index (κ2) is 7.55. The topological polar surface area (TPSA) is 99.4 Å². The molecule has 0 spiro atoms. The smallest absolute Gasteiger partial charge is 0.323 e. The average molecular weight is 316 g/mol. The summed E-state index contributed by atoms with van der Waals surface area (Å²) in [6.45, 7) is 3.77. The van der Waals surface area contributed by atoms with Crippen molar-refractivity contribution < 1.29 is 14.3 Å². The summed E-state index contributed by atoms with van der Waals surface area (Å²) in [7, 11) is 1.59. The van der Waals surface area contributed by atoms with Crippen LogP contribution >= 0.6 is 0 Å². The second-order valence-electron chi connectivity index (χ2n) is 4.96. The third kappa shape index (κ3) is 4.40. The summed E-state index contributed by atoms with van der Waals surface area (Å²) in [5.74, 6) is 1.29. The van der Waals surface area contributed by atoms with Crippen LogP contribution < -0.4 is 20.5 Å². The molecule has 0 saturated heterocycles. The van der Waals surface area contributed by atoms with Gasteiger partial charge in [-0.2, -0.15) is 4.98 Å². The van der Waals surface area contributed by atoms with E-state index in [4.69, 9.17) is 15.2 Å². The standard InChI is InChI=1S/C16H20N4O3/c1-4-12(17)15(21)19-14-7-8-18-16(20-14)23-11-6-5-10(2)13(9-11)22-3/h5-9,12H,4,17H2,1-3H3,(H,18,19,20,21)/t12-/m1/s1. The Balaban J connectivity index is 2.12. The fourth-order valence-electron chi connectivity index (χ4n) is 1.83. The predicted molar refractivity (Wildman–Crippen MR) is 86.7 cm³/mol. The largest absolute Gasteiger partial charge is 0.496 e. The van der Waals surface area contributed by atoms with Gasteiger partial charge in [-0.15, -0.1) is 0 Å². The molecule has 1 heterocycles. The number of nitrogens with zero attached hydrogens (tertiary/aromatic N) is 2. The van der Waals surface area contributed by atoms with Crippen molar-refractivity contribution in [1.29, 1.82) is 0 Å². The first-order valence-electron chi connectivity index (χ1n) is 7.25. The zero-order chi connectivity index (χ0) is 16.8. The second-order valence-corrected chi connectivity index (χ2v) is 4.96. The normalized spacial score (nSPS) is 11.7. The molecule has 23 heavy (non-hydrogen) atoms. The summed E-state index contributed by atoms with van der Waals surface area (Å²) in [5.41, 5.74) is 6.67. The molecule has 2 rings (SSSR count). The Morgan fingerprint density at radius 2 is 2.17 bits per heavy atom. The number of amides is 1. The molecular weight excluding hydrogens is 296 g/mol. The first kappa shape index (κ1) is 16.7. The predicted octanol–water partition coefficient (Wildman–Crippen LogP) is 2.26. The summed E-state index contributed by atoms with van der Waals surface area (Å²) in [6, 6.07) is 6.54. The van der Waals surface area contributed by atoms with Gasteiger partial charge in [-0.25, -0.2) is 4.98 Å².